The summed E-state index contributed by atoms with van der Waals surface area (Å²) in [5, 5.41) is 10.9. The number of carbonyl (C=O) groups is 1. The van der Waals surface area contributed by atoms with Crippen LogP contribution in [0.1, 0.15) is 49.9 Å². The summed E-state index contributed by atoms with van der Waals surface area (Å²) >= 11 is 0. The Labute approximate surface area is 338 Å². The predicted molar refractivity (Wildman–Crippen MR) is 217 cm³/mol. The van der Waals surface area contributed by atoms with Gasteiger partial charge in [0, 0.05) is 58.5 Å². The monoisotopic (exact) mass is 798 g/mol. The molecule has 0 radical (unpaired) electrons. The number of morpholine rings is 1. The summed E-state index contributed by atoms with van der Waals surface area (Å²) in [7, 11) is 1.90. The first kappa shape index (κ1) is 39.6. The Balaban J connectivity index is 1.08. The first-order valence-electron chi connectivity index (χ1n) is 20.2. The third-order valence-electron chi connectivity index (χ3n) is 12.3. The first-order chi connectivity index (χ1) is 28.0. The van der Waals surface area contributed by atoms with E-state index in [-0.39, 0.29) is 68.3 Å². The molecule has 5 aliphatic heterocycles. The number of carbonyl (C=O) groups excluding carboxylic acids is 1. The van der Waals surface area contributed by atoms with E-state index in [4.69, 9.17) is 35.6 Å². The fraction of sp³-hybridized carbons (Fsp3) is 0.535. The number of likely N-dealkylation sites (N-methyl/N-ethyl adjacent to an activating group) is 1. The maximum atomic E-state index is 15.3. The molecule has 13 nitrogen and oxygen atoms in total. The number of alkyl halides is 1. The van der Waals surface area contributed by atoms with Gasteiger partial charge in [-0.1, -0.05) is 18.6 Å². The number of rotatable bonds is 10. The lowest BCUT2D eigenvalue weighted by atomic mass is 9.93. The molecule has 0 unspecified atom stereocenters. The van der Waals surface area contributed by atoms with E-state index in [1.54, 1.807) is 12.3 Å². The molecule has 8 rings (SSSR count). The Hall–Kier alpha value is -5.20. The van der Waals surface area contributed by atoms with Crippen LogP contribution < -0.4 is 29.1 Å². The second-order valence-electron chi connectivity index (χ2n) is 16.5. The number of β-amino-alcohol motifs (C(OH)–C–C–N with tert-alkyl or cyclic N) is 1. The van der Waals surface area contributed by atoms with Crippen LogP contribution >= 0.6 is 0 Å². The van der Waals surface area contributed by atoms with Gasteiger partial charge in [0.2, 0.25) is 5.91 Å². The van der Waals surface area contributed by atoms with Crippen molar-refractivity contribution in [1.82, 2.24) is 19.9 Å². The molecule has 15 heteroatoms. The van der Waals surface area contributed by atoms with Crippen LogP contribution in [0.15, 0.2) is 43.1 Å². The number of aliphatic hydroxyl groups is 1. The topological polar surface area (TPSA) is 120 Å². The summed E-state index contributed by atoms with van der Waals surface area (Å²) in [4.78, 5) is 37.2. The third kappa shape index (κ3) is 7.59. The molecule has 1 amide bonds. The molecular weight excluding hydrogens is 747 g/mol. The van der Waals surface area contributed by atoms with Crippen molar-refractivity contribution in [1.29, 1.82) is 0 Å². The van der Waals surface area contributed by atoms with Gasteiger partial charge < -0.3 is 43.8 Å². The van der Waals surface area contributed by atoms with Gasteiger partial charge in [0.25, 0.3) is 0 Å². The smallest absolute Gasteiger partial charge is 0.318 e. The number of fused-ring (bicyclic) bond motifs is 2. The molecule has 3 aromatic rings. The van der Waals surface area contributed by atoms with Crippen molar-refractivity contribution in [3.63, 3.8) is 0 Å². The van der Waals surface area contributed by atoms with Crippen molar-refractivity contribution < 1.29 is 32.9 Å². The molecule has 3 saturated heterocycles. The molecule has 0 bridgehead atoms. The van der Waals surface area contributed by atoms with Crippen molar-refractivity contribution in [2.45, 2.75) is 81.9 Å². The normalized spacial score (nSPS) is 26.7. The number of halogens is 2. The molecule has 308 valence electrons. The highest BCUT2D eigenvalue weighted by atomic mass is 19.1. The summed E-state index contributed by atoms with van der Waals surface area (Å²) in [5.74, 6) is 3.75. The third-order valence-corrected chi connectivity index (χ3v) is 12.3. The molecule has 58 heavy (non-hydrogen) atoms. The number of aliphatic hydroxyl groups excluding tert-OH is 1. The zero-order valence-corrected chi connectivity index (χ0v) is 33.4. The van der Waals surface area contributed by atoms with Crippen LogP contribution in [0.4, 0.5) is 31.8 Å². The van der Waals surface area contributed by atoms with Gasteiger partial charge in [-0.05, 0) is 56.5 Å². The Morgan fingerprint density at radius 3 is 2.79 bits per heavy atom. The molecule has 6 atom stereocenters. The number of ether oxygens (including phenoxy) is 3. The van der Waals surface area contributed by atoms with Crippen molar-refractivity contribution in [3.05, 3.63) is 65.8 Å². The summed E-state index contributed by atoms with van der Waals surface area (Å²) in [6.07, 6.45) is 9.86. The van der Waals surface area contributed by atoms with Crippen molar-refractivity contribution in [2.75, 3.05) is 85.8 Å². The minimum absolute atomic E-state index is 0.0656. The van der Waals surface area contributed by atoms with Crippen molar-refractivity contribution >= 4 is 28.9 Å². The molecule has 1 aromatic carbocycles. The van der Waals surface area contributed by atoms with Crippen LogP contribution in [-0.4, -0.2) is 133 Å². The van der Waals surface area contributed by atoms with E-state index in [1.165, 1.54) is 12.1 Å². The Bertz CT molecular complexity index is 2070. The number of hydrogen-bond donors (Lipinski definition) is 1. The van der Waals surface area contributed by atoms with E-state index >= 15 is 8.78 Å². The Morgan fingerprint density at radius 1 is 1.19 bits per heavy atom. The molecule has 7 heterocycles. The zero-order chi connectivity index (χ0) is 40.7. The largest absolute Gasteiger partial charge is 0.486 e. The molecule has 1 N–H and O–H groups in total. The summed E-state index contributed by atoms with van der Waals surface area (Å²) in [6, 6.07) is 6.86. The van der Waals surface area contributed by atoms with E-state index in [0.717, 1.165) is 36.5 Å². The zero-order valence-electron chi connectivity index (χ0n) is 33.4. The number of hydrogen-bond acceptors (Lipinski definition) is 12. The second kappa shape index (κ2) is 16.2. The van der Waals surface area contributed by atoms with E-state index in [2.05, 4.69) is 24.3 Å². The summed E-state index contributed by atoms with van der Waals surface area (Å²) < 4.78 is 49.0. The van der Waals surface area contributed by atoms with Crippen LogP contribution in [0.3, 0.4) is 0 Å². The highest BCUT2D eigenvalue weighted by molar-refractivity contribution is 5.87. The van der Waals surface area contributed by atoms with Crippen LogP contribution in [0.2, 0.25) is 0 Å². The van der Waals surface area contributed by atoms with Crippen molar-refractivity contribution in [3.8, 4) is 24.1 Å². The maximum absolute atomic E-state index is 15.3. The van der Waals surface area contributed by atoms with Crippen LogP contribution in [0.5, 0.6) is 11.8 Å². The fourth-order valence-electron chi connectivity index (χ4n) is 9.40. The minimum atomic E-state index is -1.08. The molecule has 2 aromatic heterocycles. The number of terminal acetylenes is 1. The summed E-state index contributed by atoms with van der Waals surface area (Å²) in [5.41, 5.74) is 2.11. The van der Waals surface area contributed by atoms with Gasteiger partial charge in [0.05, 0.1) is 72.3 Å². The van der Waals surface area contributed by atoms with E-state index in [0.29, 0.717) is 62.1 Å². The lowest BCUT2D eigenvalue weighted by molar-refractivity contribution is -0.126. The number of nitrogens with zero attached hydrogens (tertiary/aromatic N) is 8. The number of aromatic nitrogens is 3. The number of benzene rings is 1. The molecule has 0 aliphatic carbocycles. The standard InChI is InChI=1S/C43H52F2N8O5/c1-6-34-35(45)12-10-28-17-33(54)23-52(39(28)34)32-18-36-40(57-25-32)41(49(5)22-31-9-8-14-51(31)38(55)7-2)48-42(47-36)58-26-43(4)19-29(44)21-53(43)30-11-13-37(46-20-30)50-15-16-56-24-27(50)3/h1,7,10-13,20,27,29,31-33,54H,2,8-9,14-19,21-26H2,3-5H3/t27-,29-,31+,32-,33+,43+/m1/s1. The Morgan fingerprint density at radius 2 is 2.03 bits per heavy atom. The number of amides is 1. The van der Waals surface area contributed by atoms with Gasteiger partial charge in [0.1, 0.15) is 31.0 Å². The lowest BCUT2D eigenvalue weighted by Gasteiger charge is -2.42. The fourth-order valence-corrected chi connectivity index (χ4v) is 9.40. The summed E-state index contributed by atoms with van der Waals surface area (Å²) in [6.45, 7) is 11.7. The molecule has 0 spiro atoms. The predicted octanol–water partition coefficient (Wildman–Crippen LogP) is 3.94. The van der Waals surface area contributed by atoms with Gasteiger partial charge in [0.15, 0.2) is 11.6 Å². The van der Waals surface area contributed by atoms with Crippen LogP contribution in [0.25, 0.3) is 0 Å². The average Bonchev–Trinajstić information content (AvgIpc) is 3.81. The number of anilines is 4. The van der Waals surface area contributed by atoms with E-state index < -0.39 is 23.6 Å². The maximum Gasteiger partial charge on any atom is 0.318 e. The molecule has 5 aliphatic rings. The first-order valence-corrected chi connectivity index (χ1v) is 20.2. The van der Waals surface area contributed by atoms with Gasteiger partial charge in [-0.25, -0.2) is 13.8 Å². The van der Waals surface area contributed by atoms with Gasteiger partial charge >= 0.3 is 6.01 Å². The molecule has 0 saturated carbocycles. The minimum Gasteiger partial charge on any atom is -0.486 e. The van der Waals surface area contributed by atoms with Crippen LogP contribution in [-0.2, 0) is 22.4 Å². The van der Waals surface area contributed by atoms with Crippen molar-refractivity contribution in [2.24, 2.45) is 0 Å². The molecular formula is C43H52F2N8O5. The van der Waals surface area contributed by atoms with Crippen LogP contribution in [0, 0.1) is 18.2 Å². The SMILES string of the molecule is C#Cc1c(F)ccc2c1N([C@H]1COc3c(nc(OC[C@]4(C)C[C@@H](F)CN4c4ccc(N5CCOC[C@H]5C)nc4)nc3N(C)C[C@@H]3CCCN3C(=O)C=C)C1)C[C@@H](O)C2. The highest BCUT2D eigenvalue weighted by Gasteiger charge is 2.44. The Kier molecular flexibility index (Phi) is 11.1. The van der Waals surface area contributed by atoms with Gasteiger partial charge in [-0.15, -0.1) is 6.42 Å². The highest BCUT2D eigenvalue weighted by Crippen LogP contribution is 2.41. The second-order valence-corrected chi connectivity index (χ2v) is 16.5. The van der Waals surface area contributed by atoms with E-state index in [1.807, 2.05) is 45.7 Å². The van der Waals surface area contributed by atoms with Gasteiger partial charge in [-0.2, -0.15) is 9.97 Å². The molecule has 3 fully saturated rings. The number of likely N-dealkylation sites (tertiary alicyclic amines) is 1. The quantitative estimate of drug-likeness (QED) is 0.237. The van der Waals surface area contributed by atoms with Gasteiger partial charge in [-0.3, -0.25) is 4.79 Å². The number of pyridine rings is 1. The van der Waals surface area contributed by atoms with E-state index in [9.17, 15) is 9.90 Å². The average molecular weight is 799 g/mol. The lowest BCUT2D eigenvalue weighted by Crippen LogP contribution is -2.50.